The Balaban J connectivity index is 1.94. The first kappa shape index (κ1) is 14.9. The van der Waals surface area contributed by atoms with Crippen LogP contribution in [0, 0.1) is 11.8 Å². The first-order chi connectivity index (χ1) is 9.59. The van der Waals surface area contributed by atoms with Gasteiger partial charge in [0.15, 0.2) is 0 Å². The van der Waals surface area contributed by atoms with Crippen molar-refractivity contribution >= 4 is 11.6 Å². The molecular weight excluding hydrogens is 252 g/mol. The van der Waals surface area contributed by atoms with Gasteiger partial charge >= 0.3 is 0 Å². The smallest absolute Gasteiger partial charge is 0.253 e. The normalized spacial score (nSPS) is 22.8. The zero-order chi connectivity index (χ0) is 14.5. The summed E-state index contributed by atoms with van der Waals surface area (Å²) in [6, 6.07) is 7.15. The molecule has 2 rings (SSSR count). The van der Waals surface area contributed by atoms with E-state index in [9.17, 15) is 4.79 Å². The summed E-state index contributed by atoms with van der Waals surface area (Å²) in [5, 5.41) is 3.00. The van der Waals surface area contributed by atoms with Crippen LogP contribution in [0.4, 0.5) is 5.69 Å². The number of hydrogen-bond acceptors (Lipinski definition) is 3. The van der Waals surface area contributed by atoms with E-state index in [0.29, 0.717) is 29.6 Å². The molecule has 4 heteroatoms. The van der Waals surface area contributed by atoms with E-state index in [2.05, 4.69) is 19.2 Å². The summed E-state index contributed by atoms with van der Waals surface area (Å²) in [5.41, 5.74) is 6.89. The van der Waals surface area contributed by atoms with E-state index < -0.39 is 0 Å². The second kappa shape index (κ2) is 6.75. The molecule has 0 spiro atoms. The Morgan fingerprint density at radius 2 is 2.20 bits per heavy atom. The summed E-state index contributed by atoms with van der Waals surface area (Å²) in [6.07, 6.45) is 2.40. The molecule has 1 saturated heterocycles. The van der Waals surface area contributed by atoms with Crippen LogP contribution in [-0.2, 0) is 4.74 Å². The van der Waals surface area contributed by atoms with E-state index in [0.717, 1.165) is 19.4 Å². The van der Waals surface area contributed by atoms with Crippen LogP contribution >= 0.6 is 0 Å². The van der Waals surface area contributed by atoms with Gasteiger partial charge in [-0.1, -0.05) is 26.0 Å². The number of nitrogens with one attached hydrogen (secondary N) is 1. The number of hydrogen-bond donors (Lipinski definition) is 2. The van der Waals surface area contributed by atoms with Crippen LogP contribution in [0.5, 0.6) is 0 Å². The molecular formula is C16H24N2O2. The summed E-state index contributed by atoms with van der Waals surface area (Å²) < 4.78 is 5.84. The van der Waals surface area contributed by atoms with Crippen molar-refractivity contribution in [2.24, 2.45) is 11.8 Å². The lowest BCUT2D eigenvalue weighted by Gasteiger charge is -2.34. The topological polar surface area (TPSA) is 64.3 Å². The predicted octanol–water partition coefficient (Wildman–Crippen LogP) is 2.45. The van der Waals surface area contributed by atoms with Gasteiger partial charge in [0.05, 0.1) is 11.7 Å². The maximum absolute atomic E-state index is 12.2. The number of anilines is 1. The molecule has 1 aromatic rings. The first-order valence-corrected chi connectivity index (χ1v) is 7.34. The summed E-state index contributed by atoms with van der Waals surface area (Å²) in [6.45, 7) is 5.81. The van der Waals surface area contributed by atoms with Crippen molar-refractivity contribution < 1.29 is 9.53 Å². The van der Waals surface area contributed by atoms with Crippen molar-refractivity contribution in [3.05, 3.63) is 29.8 Å². The number of carbonyl (C=O) groups is 1. The largest absolute Gasteiger partial charge is 0.398 e. The van der Waals surface area contributed by atoms with Crippen molar-refractivity contribution in [2.75, 3.05) is 18.9 Å². The molecule has 1 aliphatic rings. The van der Waals surface area contributed by atoms with Crippen molar-refractivity contribution in [3.63, 3.8) is 0 Å². The van der Waals surface area contributed by atoms with Crippen LogP contribution in [0.2, 0.25) is 0 Å². The van der Waals surface area contributed by atoms with Crippen LogP contribution in [0.3, 0.4) is 0 Å². The Kier molecular flexibility index (Phi) is 5.01. The maximum atomic E-state index is 12.2. The third-order valence-electron chi connectivity index (χ3n) is 3.88. The average Bonchev–Trinajstić information content (AvgIpc) is 2.45. The monoisotopic (exact) mass is 276 g/mol. The van der Waals surface area contributed by atoms with Gasteiger partial charge in [0.2, 0.25) is 0 Å². The summed E-state index contributed by atoms with van der Waals surface area (Å²) in [7, 11) is 0. The Morgan fingerprint density at radius 3 is 2.90 bits per heavy atom. The lowest BCUT2D eigenvalue weighted by atomic mass is 9.87. The standard InChI is InChI=1S/C16H24N2O2/c1-11(2)15-12(6-5-9-20-15)10-18-16(19)13-7-3-4-8-14(13)17/h3-4,7-8,11-12,15H,5-6,9-10,17H2,1-2H3,(H,18,19). The molecule has 1 amide bonds. The number of rotatable bonds is 4. The third-order valence-corrected chi connectivity index (χ3v) is 3.88. The fraction of sp³-hybridized carbons (Fsp3) is 0.562. The molecule has 2 atom stereocenters. The fourth-order valence-electron chi connectivity index (χ4n) is 2.84. The van der Waals surface area contributed by atoms with Gasteiger partial charge in [-0.05, 0) is 30.9 Å². The van der Waals surface area contributed by atoms with Crippen molar-refractivity contribution in [1.82, 2.24) is 5.32 Å². The lowest BCUT2D eigenvalue weighted by molar-refractivity contribution is -0.0510. The number of para-hydroxylation sites is 1. The molecule has 1 aromatic carbocycles. The van der Waals surface area contributed by atoms with Gasteiger partial charge in [-0.2, -0.15) is 0 Å². The predicted molar refractivity (Wildman–Crippen MR) is 80.5 cm³/mol. The molecule has 3 N–H and O–H groups in total. The molecule has 20 heavy (non-hydrogen) atoms. The van der Waals surface area contributed by atoms with Crippen LogP contribution in [0.15, 0.2) is 24.3 Å². The minimum absolute atomic E-state index is 0.101. The molecule has 1 fully saturated rings. The molecule has 0 saturated carbocycles. The van der Waals surface area contributed by atoms with Crippen molar-refractivity contribution in [2.45, 2.75) is 32.8 Å². The average molecular weight is 276 g/mol. The van der Waals surface area contributed by atoms with Crippen LogP contribution in [0.25, 0.3) is 0 Å². The highest BCUT2D eigenvalue weighted by molar-refractivity contribution is 5.99. The van der Waals surface area contributed by atoms with E-state index >= 15 is 0 Å². The third kappa shape index (κ3) is 3.51. The minimum Gasteiger partial charge on any atom is -0.398 e. The second-order valence-corrected chi connectivity index (χ2v) is 5.78. The van der Waals surface area contributed by atoms with Gasteiger partial charge in [0.1, 0.15) is 0 Å². The van der Waals surface area contributed by atoms with Crippen molar-refractivity contribution in [1.29, 1.82) is 0 Å². The molecule has 0 aromatic heterocycles. The Bertz CT molecular complexity index is 460. The molecule has 2 unspecified atom stereocenters. The molecule has 0 radical (unpaired) electrons. The highest BCUT2D eigenvalue weighted by atomic mass is 16.5. The Hall–Kier alpha value is -1.55. The Morgan fingerprint density at radius 1 is 1.45 bits per heavy atom. The van der Waals surface area contributed by atoms with E-state index in [-0.39, 0.29) is 12.0 Å². The second-order valence-electron chi connectivity index (χ2n) is 5.78. The number of nitrogens with two attached hydrogens (primary N) is 1. The Labute approximate surface area is 120 Å². The van der Waals surface area contributed by atoms with Crippen molar-refractivity contribution in [3.8, 4) is 0 Å². The summed E-state index contributed by atoms with van der Waals surface area (Å²) in [4.78, 5) is 12.2. The van der Waals surface area contributed by atoms with Gasteiger partial charge in [0, 0.05) is 24.8 Å². The molecule has 0 bridgehead atoms. The van der Waals surface area contributed by atoms with Gasteiger partial charge in [-0.25, -0.2) is 0 Å². The van der Waals surface area contributed by atoms with Crippen LogP contribution in [-0.4, -0.2) is 25.2 Å². The number of amides is 1. The highest BCUT2D eigenvalue weighted by Crippen LogP contribution is 2.25. The summed E-state index contributed by atoms with van der Waals surface area (Å²) in [5.74, 6) is 0.757. The SMILES string of the molecule is CC(C)C1OCCCC1CNC(=O)c1ccccc1N. The molecule has 0 aliphatic carbocycles. The lowest BCUT2D eigenvalue weighted by Crippen LogP contribution is -2.41. The maximum Gasteiger partial charge on any atom is 0.253 e. The zero-order valence-corrected chi connectivity index (χ0v) is 12.3. The quantitative estimate of drug-likeness (QED) is 0.830. The van der Waals surface area contributed by atoms with Gasteiger partial charge in [-0.3, -0.25) is 4.79 Å². The molecule has 1 aliphatic heterocycles. The number of nitrogen functional groups attached to an aromatic ring is 1. The first-order valence-electron chi connectivity index (χ1n) is 7.34. The van der Waals surface area contributed by atoms with Gasteiger partial charge in [-0.15, -0.1) is 0 Å². The summed E-state index contributed by atoms with van der Waals surface area (Å²) >= 11 is 0. The van der Waals surface area contributed by atoms with Crippen LogP contribution < -0.4 is 11.1 Å². The van der Waals surface area contributed by atoms with E-state index in [1.54, 1.807) is 12.1 Å². The van der Waals surface area contributed by atoms with Gasteiger partial charge < -0.3 is 15.8 Å². The van der Waals surface area contributed by atoms with E-state index in [1.807, 2.05) is 12.1 Å². The molecule has 1 heterocycles. The minimum atomic E-state index is -0.101. The van der Waals surface area contributed by atoms with E-state index in [1.165, 1.54) is 0 Å². The number of ether oxygens (including phenoxy) is 1. The van der Waals surface area contributed by atoms with Gasteiger partial charge in [0.25, 0.3) is 5.91 Å². The van der Waals surface area contributed by atoms with Crippen LogP contribution in [0.1, 0.15) is 37.0 Å². The fourth-order valence-corrected chi connectivity index (χ4v) is 2.84. The number of carbonyl (C=O) groups excluding carboxylic acids is 1. The zero-order valence-electron chi connectivity index (χ0n) is 12.3. The number of benzene rings is 1. The molecule has 4 nitrogen and oxygen atoms in total. The highest BCUT2D eigenvalue weighted by Gasteiger charge is 2.28. The van der Waals surface area contributed by atoms with E-state index in [4.69, 9.17) is 10.5 Å². The molecule has 110 valence electrons.